The topological polar surface area (TPSA) is 63.6 Å². The lowest BCUT2D eigenvalue weighted by Gasteiger charge is -2.42. The number of rotatable bonds is 3. The number of thiophene rings is 1. The van der Waals surface area contributed by atoms with Gasteiger partial charge in [0.25, 0.3) is 5.56 Å². The number of hydrogen-bond acceptors (Lipinski definition) is 4. The zero-order valence-electron chi connectivity index (χ0n) is 16.7. The molecule has 1 saturated heterocycles. The number of benzene rings is 1. The van der Waals surface area contributed by atoms with Crippen molar-refractivity contribution in [3.05, 3.63) is 70.0 Å². The van der Waals surface area contributed by atoms with Gasteiger partial charge in [-0.1, -0.05) is 18.2 Å². The molecule has 2 atom stereocenters. The standard InChI is InChI=1S/C23H23N3O3S/c1-29-20-6-3-2-5-18(20)24-23(28)25-12-15-11-16(14-25)19-9-8-17(21-7-4-10-30-21)22(27)26(19)13-15/h2-10,15-16H,11-14H2,1H3,(H,24,28)/t15-,16-/m1/s1. The number of likely N-dealkylation sites (tertiary alicyclic amines) is 1. The molecular formula is C23H23N3O3S. The van der Waals surface area contributed by atoms with E-state index in [9.17, 15) is 9.59 Å². The highest BCUT2D eigenvalue weighted by Gasteiger charge is 2.37. The number of urea groups is 1. The summed E-state index contributed by atoms with van der Waals surface area (Å²) in [5.41, 5.74) is 2.54. The third-order valence-electron chi connectivity index (χ3n) is 6.03. The van der Waals surface area contributed by atoms with Gasteiger partial charge in [0.15, 0.2) is 0 Å². The van der Waals surface area contributed by atoms with Gasteiger partial charge in [0.05, 0.1) is 18.4 Å². The number of pyridine rings is 1. The molecule has 5 rings (SSSR count). The van der Waals surface area contributed by atoms with Crippen LogP contribution in [0.3, 0.4) is 0 Å². The fourth-order valence-corrected chi connectivity index (χ4v) is 5.42. The van der Waals surface area contributed by atoms with Crippen molar-refractivity contribution in [2.75, 3.05) is 25.5 Å². The predicted octanol–water partition coefficient (Wildman–Crippen LogP) is 4.24. The van der Waals surface area contributed by atoms with Crippen LogP contribution in [0.4, 0.5) is 10.5 Å². The Morgan fingerprint density at radius 1 is 1.10 bits per heavy atom. The number of carbonyl (C=O) groups excluding carboxylic acids is 1. The maximum Gasteiger partial charge on any atom is 0.321 e. The van der Waals surface area contributed by atoms with Crippen LogP contribution in [0.25, 0.3) is 10.4 Å². The van der Waals surface area contributed by atoms with Crippen LogP contribution < -0.4 is 15.6 Å². The third kappa shape index (κ3) is 3.29. The molecule has 3 aromatic rings. The summed E-state index contributed by atoms with van der Waals surface area (Å²) < 4.78 is 7.27. The van der Waals surface area contributed by atoms with Gasteiger partial charge in [-0.25, -0.2) is 4.79 Å². The van der Waals surface area contributed by atoms with Gasteiger partial charge >= 0.3 is 6.03 Å². The van der Waals surface area contributed by atoms with Crippen molar-refractivity contribution < 1.29 is 9.53 Å². The molecule has 4 heterocycles. The summed E-state index contributed by atoms with van der Waals surface area (Å²) in [6, 6.07) is 15.2. The van der Waals surface area contributed by atoms with E-state index in [4.69, 9.17) is 4.74 Å². The largest absolute Gasteiger partial charge is 0.495 e. The molecule has 0 spiro atoms. The van der Waals surface area contributed by atoms with Crippen LogP contribution in [-0.2, 0) is 6.54 Å². The van der Waals surface area contributed by atoms with Gasteiger partial charge in [0, 0.05) is 36.1 Å². The van der Waals surface area contributed by atoms with Gasteiger partial charge in [-0.15, -0.1) is 11.3 Å². The first-order valence-corrected chi connectivity index (χ1v) is 11.0. The average Bonchev–Trinajstić information content (AvgIpc) is 3.29. The summed E-state index contributed by atoms with van der Waals surface area (Å²) >= 11 is 1.59. The summed E-state index contributed by atoms with van der Waals surface area (Å²) in [5.74, 6) is 1.09. The Hall–Kier alpha value is -3.06. The number of aromatic nitrogens is 1. The van der Waals surface area contributed by atoms with E-state index in [2.05, 4.69) is 11.4 Å². The zero-order chi connectivity index (χ0) is 20.7. The summed E-state index contributed by atoms with van der Waals surface area (Å²) in [5, 5.41) is 4.97. The first kappa shape index (κ1) is 18.9. The Balaban J connectivity index is 1.39. The molecule has 154 valence electrons. The number of amides is 2. The molecule has 0 unspecified atom stereocenters. The smallest absolute Gasteiger partial charge is 0.321 e. The van der Waals surface area contributed by atoms with Crippen molar-refractivity contribution in [1.29, 1.82) is 0 Å². The summed E-state index contributed by atoms with van der Waals surface area (Å²) in [6.45, 7) is 1.91. The Kier molecular flexibility index (Phi) is 4.83. The maximum atomic E-state index is 13.1. The van der Waals surface area contributed by atoms with Crippen molar-refractivity contribution in [2.24, 2.45) is 5.92 Å². The predicted molar refractivity (Wildman–Crippen MR) is 118 cm³/mol. The molecule has 1 aromatic carbocycles. The van der Waals surface area contributed by atoms with Crippen molar-refractivity contribution in [3.63, 3.8) is 0 Å². The average molecular weight is 422 g/mol. The van der Waals surface area contributed by atoms with Gasteiger partial charge in [-0.2, -0.15) is 0 Å². The molecule has 2 bridgehead atoms. The van der Waals surface area contributed by atoms with Crippen molar-refractivity contribution in [2.45, 2.75) is 18.9 Å². The lowest BCUT2D eigenvalue weighted by atomic mass is 9.83. The van der Waals surface area contributed by atoms with Gasteiger partial charge in [-0.05, 0) is 48.1 Å². The molecule has 2 amide bonds. The Morgan fingerprint density at radius 2 is 1.97 bits per heavy atom. The second-order valence-electron chi connectivity index (χ2n) is 7.90. The minimum Gasteiger partial charge on any atom is -0.495 e. The molecule has 1 N–H and O–H groups in total. The Bertz CT molecular complexity index is 1140. The fourth-order valence-electron chi connectivity index (χ4n) is 4.67. The Labute approximate surface area is 178 Å². The highest BCUT2D eigenvalue weighted by Crippen LogP contribution is 2.36. The number of anilines is 1. The van der Waals surface area contributed by atoms with Crippen LogP contribution in [0.15, 0.2) is 58.7 Å². The molecule has 6 nitrogen and oxygen atoms in total. The van der Waals surface area contributed by atoms with Crippen LogP contribution in [0.2, 0.25) is 0 Å². The number of carbonyl (C=O) groups is 1. The molecule has 2 aliphatic rings. The van der Waals surface area contributed by atoms with Crippen LogP contribution in [-0.4, -0.2) is 35.7 Å². The van der Waals surface area contributed by atoms with E-state index in [1.165, 1.54) is 0 Å². The van der Waals surface area contributed by atoms with E-state index in [1.54, 1.807) is 18.4 Å². The SMILES string of the molecule is COc1ccccc1NC(=O)N1C[C@H]2C[C@H](C1)c1ccc(-c3cccs3)c(=O)n1C2. The minimum atomic E-state index is -0.125. The number of piperidine rings is 1. The molecule has 2 aromatic heterocycles. The molecule has 30 heavy (non-hydrogen) atoms. The summed E-state index contributed by atoms with van der Waals surface area (Å²) in [4.78, 5) is 29.0. The molecule has 7 heteroatoms. The van der Waals surface area contributed by atoms with Crippen molar-refractivity contribution in [3.8, 4) is 16.2 Å². The number of nitrogens with zero attached hydrogens (tertiary/aromatic N) is 2. The second kappa shape index (κ2) is 7.65. The minimum absolute atomic E-state index is 0.0802. The number of fused-ring (bicyclic) bond motifs is 4. The normalized spacial score (nSPS) is 19.8. The van der Waals surface area contributed by atoms with Crippen molar-refractivity contribution in [1.82, 2.24) is 9.47 Å². The quantitative estimate of drug-likeness (QED) is 0.688. The highest BCUT2D eigenvalue weighted by atomic mass is 32.1. The first-order chi connectivity index (χ1) is 14.6. The molecular weight excluding hydrogens is 398 g/mol. The van der Waals surface area contributed by atoms with Crippen LogP contribution in [0.1, 0.15) is 18.0 Å². The first-order valence-electron chi connectivity index (χ1n) is 10.1. The monoisotopic (exact) mass is 421 g/mol. The number of methoxy groups -OCH3 is 1. The van der Waals surface area contributed by atoms with E-state index in [-0.39, 0.29) is 23.4 Å². The van der Waals surface area contributed by atoms with Gasteiger partial charge in [0.1, 0.15) is 5.75 Å². The van der Waals surface area contributed by atoms with Crippen LogP contribution in [0, 0.1) is 5.92 Å². The van der Waals surface area contributed by atoms with E-state index < -0.39 is 0 Å². The van der Waals surface area contributed by atoms with E-state index in [1.807, 2.05) is 57.3 Å². The number of nitrogens with one attached hydrogen (secondary N) is 1. The zero-order valence-corrected chi connectivity index (χ0v) is 17.5. The fraction of sp³-hybridized carbons (Fsp3) is 0.304. The number of ether oxygens (including phenoxy) is 1. The maximum absolute atomic E-state index is 13.1. The van der Waals surface area contributed by atoms with Gasteiger partial charge in [0.2, 0.25) is 0 Å². The number of para-hydroxylation sites is 2. The third-order valence-corrected chi connectivity index (χ3v) is 6.93. The summed E-state index contributed by atoms with van der Waals surface area (Å²) in [6.07, 6.45) is 1.01. The molecule has 2 aliphatic heterocycles. The lowest BCUT2D eigenvalue weighted by molar-refractivity contribution is 0.139. The Morgan fingerprint density at radius 3 is 2.77 bits per heavy atom. The molecule has 0 radical (unpaired) electrons. The van der Waals surface area contributed by atoms with Crippen LogP contribution >= 0.6 is 11.3 Å². The van der Waals surface area contributed by atoms with Crippen LogP contribution in [0.5, 0.6) is 5.75 Å². The second-order valence-corrected chi connectivity index (χ2v) is 8.85. The van der Waals surface area contributed by atoms with Gasteiger partial charge in [-0.3, -0.25) is 4.79 Å². The molecule has 0 aliphatic carbocycles. The van der Waals surface area contributed by atoms with Crippen molar-refractivity contribution >= 4 is 23.1 Å². The molecule has 1 fully saturated rings. The lowest BCUT2D eigenvalue weighted by Crippen LogP contribution is -2.50. The van der Waals surface area contributed by atoms with Gasteiger partial charge < -0.3 is 19.5 Å². The highest BCUT2D eigenvalue weighted by molar-refractivity contribution is 7.13. The summed E-state index contributed by atoms with van der Waals surface area (Å²) in [7, 11) is 1.59. The van der Waals surface area contributed by atoms with E-state index >= 15 is 0 Å². The molecule has 0 saturated carbocycles. The van der Waals surface area contributed by atoms with E-state index in [0.29, 0.717) is 31.1 Å². The van der Waals surface area contributed by atoms with E-state index in [0.717, 1.165) is 22.6 Å². The number of hydrogen-bond donors (Lipinski definition) is 1.